The summed E-state index contributed by atoms with van der Waals surface area (Å²) >= 11 is 5.78. The number of anilines is 1. The van der Waals surface area contributed by atoms with E-state index >= 15 is 0 Å². The predicted molar refractivity (Wildman–Crippen MR) is 89.9 cm³/mol. The molecule has 0 aliphatic carbocycles. The lowest BCUT2D eigenvalue weighted by Crippen LogP contribution is -2.00. The molecule has 0 aliphatic heterocycles. The third-order valence-corrected chi connectivity index (χ3v) is 3.76. The van der Waals surface area contributed by atoms with E-state index in [0.29, 0.717) is 17.4 Å². The molecular weight excluding hydrogens is 332 g/mol. The minimum absolute atomic E-state index is 0.0881. The van der Waals surface area contributed by atoms with E-state index < -0.39 is 4.92 Å². The molecule has 0 spiro atoms. The van der Waals surface area contributed by atoms with Crippen molar-refractivity contribution in [1.29, 1.82) is 0 Å². The first-order chi connectivity index (χ1) is 11.5. The number of nitro benzene ring substituents is 1. The van der Waals surface area contributed by atoms with Crippen LogP contribution in [0.3, 0.4) is 0 Å². The van der Waals surface area contributed by atoms with Crippen molar-refractivity contribution in [3.05, 3.63) is 69.1 Å². The number of halogens is 1. The summed E-state index contributed by atoms with van der Waals surface area (Å²) in [4.78, 5) is 14.7. The van der Waals surface area contributed by atoms with Gasteiger partial charge in [-0.05, 0) is 24.6 Å². The Bertz CT molecular complexity index is 895. The molecule has 2 aromatic carbocycles. The topological polar surface area (TPSA) is 94.1 Å². The average Bonchev–Trinajstić information content (AvgIpc) is 3.03. The van der Waals surface area contributed by atoms with E-state index in [4.69, 9.17) is 16.1 Å². The van der Waals surface area contributed by atoms with Crippen LogP contribution in [0.2, 0.25) is 5.02 Å². The Morgan fingerprint density at radius 1 is 1.29 bits per heavy atom. The number of nitrogens with zero attached hydrogens (tertiary/aromatic N) is 3. The molecule has 0 amide bonds. The molecule has 0 saturated carbocycles. The Balaban J connectivity index is 1.73. The van der Waals surface area contributed by atoms with Crippen LogP contribution in [0, 0.1) is 17.0 Å². The van der Waals surface area contributed by atoms with E-state index in [1.807, 2.05) is 31.2 Å². The molecular formula is C16H13ClN4O3. The number of aromatic nitrogens is 2. The highest BCUT2D eigenvalue weighted by molar-refractivity contribution is 6.32. The maximum absolute atomic E-state index is 10.9. The molecule has 3 rings (SSSR count). The quantitative estimate of drug-likeness (QED) is 0.550. The highest BCUT2D eigenvalue weighted by atomic mass is 35.5. The third-order valence-electron chi connectivity index (χ3n) is 3.44. The van der Waals surface area contributed by atoms with Gasteiger partial charge in [-0.3, -0.25) is 10.1 Å². The molecule has 8 heteroatoms. The van der Waals surface area contributed by atoms with E-state index in [1.165, 1.54) is 12.1 Å². The number of hydrogen-bond acceptors (Lipinski definition) is 6. The fraction of sp³-hybridized carbons (Fsp3) is 0.125. The summed E-state index contributed by atoms with van der Waals surface area (Å²) in [7, 11) is 0. The highest BCUT2D eigenvalue weighted by Crippen LogP contribution is 2.27. The summed E-state index contributed by atoms with van der Waals surface area (Å²) in [6.45, 7) is 2.22. The summed E-state index contributed by atoms with van der Waals surface area (Å²) in [5, 5.41) is 17.9. The first-order valence-electron chi connectivity index (χ1n) is 7.11. The molecule has 0 aliphatic rings. The van der Waals surface area contributed by atoms with Gasteiger partial charge in [-0.25, -0.2) is 0 Å². The van der Waals surface area contributed by atoms with Crippen molar-refractivity contribution < 1.29 is 9.45 Å². The zero-order chi connectivity index (χ0) is 17.1. The Morgan fingerprint density at radius 3 is 2.83 bits per heavy atom. The zero-order valence-corrected chi connectivity index (χ0v) is 13.4. The lowest BCUT2D eigenvalue weighted by Gasteiger charge is -2.03. The van der Waals surface area contributed by atoms with E-state index in [-0.39, 0.29) is 17.3 Å². The molecule has 0 bridgehead atoms. The monoisotopic (exact) mass is 344 g/mol. The van der Waals surface area contributed by atoms with Crippen molar-refractivity contribution in [3.8, 4) is 11.4 Å². The van der Waals surface area contributed by atoms with Gasteiger partial charge in [-0.2, -0.15) is 4.98 Å². The molecule has 1 N–H and O–H groups in total. The number of hydrogen-bond donors (Lipinski definition) is 1. The maximum atomic E-state index is 10.9. The molecule has 0 atom stereocenters. The number of aryl methyl sites for hydroxylation is 1. The fourth-order valence-electron chi connectivity index (χ4n) is 2.20. The Labute approximate surface area is 142 Å². The molecule has 0 radical (unpaired) electrons. The number of benzene rings is 2. The molecule has 1 heterocycles. The Kier molecular flexibility index (Phi) is 4.43. The van der Waals surface area contributed by atoms with Gasteiger partial charge < -0.3 is 9.84 Å². The van der Waals surface area contributed by atoms with Crippen LogP contribution in [-0.2, 0) is 6.54 Å². The molecule has 7 nitrogen and oxygen atoms in total. The lowest BCUT2D eigenvalue weighted by molar-refractivity contribution is -0.384. The van der Waals surface area contributed by atoms with Crippen molar-refractivity contribution in [1.82, 2.24) is 10.1 Å². The van der Waals surface area contributed by atoms with Gasteiger partial charge in [0.05, 0.1) is 11.5 Å². The average molecular weight is 345 g/mol. The van der Waals surface area contributed by atoms with Crippen molar-refractivity contribution in [2.24, 2.45) is 0 Å². The third kappa shape index (κ3) is 3.36. The van der Waals surface area contributed by atoms with Crippen molar-refractivity contribution in [2.45, 2.75) is 13.5 Å². The fourth-order valence-corrected chi connectivity index (χ4v) is 2.39. The summed E-state index contributed by atoms with van der Waals surface area (Å²) in [6.07, 6.45) is 0. The molecule has 0 unspecified atom stereocenters. The van der Waals surface area contributed by atoms with Crippen LogP contribution in [0.5, 0.6) is 0 Å². The number of nitro groups is 1. The zero-order valence-electron chi connectivity index (χ0n) is 12.7. The molecule has 1 aromatic heterocycles. The van der Waals surface area contributed by atoms with Crippen LogP contribution >= 0.6 is 11.6 Å². The van der Waals surface area contributed by atoms with Gasteiger partial charge in [0.25, 0.3) is 5.69 Å². The molecule has 3 aromatic rings. The molecule has 24 heavy (non-hydrogen) atoms. The SMILES string of the molecule is Cc1ccccc1-c1noc(CNc2ccc(Cl)c([N+](=O)[O-])c2)n1. The van der Waals surface area contributed by atoms with Gasteiger partial charge in [0, 0.05) is 17.3 Å². The second kappa shape index (κ2) is 6.67. The van der Waals surface area contributed by atoms with Crippen LogP contribution in [0.25, 0.3) is 11.4 Å². The predicted octanol–water partition coefficient (Wildman–Crippen LogP) is 4.22. The van der Waals surface area contributed by atoms with E-state index in [1.54, 1.807) is 6.07 Å². The summed E-state index contributed by atoms with van der Waals surface area (Å²) < 4.78 is 5.21. The van der Waals surface area contributed by atoms with Crippen LogP contribution in [0.1, 0.15) is 11.5 Å². The minimum atomic E-state index is -0.531. The standard InChI is InChI=1S/C16H13ClN4O3/c1-10-4-2-3-5-12(10)16-19-15(24-20-16)9-18-11-6-7-13(17)14(8-11)21(22)23/h2-8,18H,9H2,1H3. The largest absolute Gasteiger partial charge is 0.376 e. The van der Waals surface area contributed by atoms with Crippen molar-refractivity contribution in [3.63, 3.8) is 0 Å². The second-order valence-electron chi connectivity index (χ2n) is 5.10. The summed E-state index contributed by atoms with van der Waals surface area (Å²) in [5.41, 5.74) is 2.33. The van der Waals surface area contributed by atoms with Gasteiger partial charge in [0.1, 0.15) is 5.02 Å². The van der Waals surface area contributed by atoms with E-state index in [0.717, 1.165) is 11.1 Å². The lowest BCUT2D eigenvalue weighted by atomic mass is 10.1. The number of rotatable bonds is 5. The van der Waals surface area contributed by atoms with Crippen molar-refractivity contribution in [2.75, 3.05) is 5.32 Å². The minimum Gasteiger partial charge on any atom is -0.376 e. The van der Waals surface area contributed by atoms with Crippen LogP contribution in [0.15, 0.2) is 47.0 Å². The van der Waals surface area contributed by atoms with Gasteiger partial charge in [-0.1, -0.05) is 41.0 Å². The summed E-state index contributed by atoms with van der Waals surface area (Å²) in [5.74, 6) is 0.887. The highest BCUT2D eigenvalue weighted by Gasteiger charge is 2.14. The summed E-state index contributed by atoms with van der Waals surface area (Å²) in [6, 6.07) is 12.2. The van der Waals surface area contributed by atoms with E-state index in [9.17, 15) is 10.1 Å². The molecule has 122 valence electrons. The van der Waals surface area contributed by atoms with Gasteiger partial charge in [0.15, 0.2) is 0 Å². The van der Waals surface area contributed by atoms with Crippen LogP contribution in [0.4, 0.5) is 11.4 Å². The van der Waals surface area contributed by atoms with Crippen LogP contribution in [-0.4, -0.2) is 15.1 Å². The normalized spacial score (nSPS) is 10.6. The first kappa shape index (κ1) is 15.9. The molecule has 0 fully saturated rings. The van der Waals surface area contributed by atoms with Gasteiger partial charge in [0.2, 0.25) is 11.7 Å². The van der Waals surface area contributed by atoms with Gasteiger partial charge in [-0.15, -0.1) is 0 Å². The Morgan fingerprint density at radius 2 is 2.08 bits per heavy atom. The first-order valence-corrected chi connectivity index (χ1v) is 7.49. The van der Waals surface area contributed by atoms with Crippen molar-refractivity contribution >= 4 is 23.0 Å². The molecule has 0 saturated heterocycles. The Hall–Kier alpha value is -2.93. The van der Waals surface area contributed by atoms with Crippen LogP contribution < -0.4 is 5.32 Å². The number of nitrogens with one attached hydrogen (secondary N) is 1. The van der Waals surface area contributed by atoms with E-state index in [2.05, 4.69) is 15.5 Å². The second-order valence-corrected chi connectivity index (χ2v) is 5.51. The maximum Gasteiger partial charge on any atom is 0.289 e. The van der Waals surface area contributed by atoms with Gasteiger partial charge >= 0.3 is 0 Å². The smallest absolute Gasteiger partial charge is 0.289 e.